The molecule has 0 N–H and O–H groups in total. The van der Waals surface area contributed by atoms with E-state index in [9.17, 15) is 58.8 Å². The summed E-state index contributed by atoms with van der Waals surface area (Å²) in [7, 11) is 4.69. The van der Waals surface area contributed by atoms with E-state index in [1.807, 2.05) is 0 Å². The Balaban J connectivity index is -0.000000174. The number of carbonyl (C=O) groups is 8. The minimum Gasteiger partial charge on any atom is -0.549 e. The van der Waals surface area contributed by atoms with Gasteiger partial charge in [-0.15, -0.1) is 0 Å². The number of methoxy groups -OCH3 is 4. The number of rotatable bonds is 16. The van der Waals surface area contributed by atoms with E-state index < -0.39 is 69.4 Å². The van der Waals surface area contributed by atoms with Crippen LogP contribution in [0.4, 0.5) is 0 Å². The van der Waals surface area contributed by atoms with Gasteiger partial charge < -0.3 is 58.6 Å². The normalized spacial score (nSPS) is 10.7. The topological polar surface area (TPSA) is 266 Å². The average Bonchev–Trinajstić information content (AvgIpc) is 3.07. The van der Waals surface area contributed by atoms with Crippen molar-refractivity contribution < 1.29 is 104 Å². The van der Waals surface area contributed by atoms with Crippen molar-refractivity contribution >= 4 is 47.8 Å². The van der Waals surface area contributed by atoms with E-state index in [0.717, 1.165) is 0 Å². The summed E-state index contributed by atoms with van der Waals surface area (Å²) < 4.78 is 17.6. The number of ether oxygens (including phenoxy) is 4. The zero-order chi connectivity index (χ0) is 39.1. The molecule has 0 aliphatic heterocycles. The molecule has 0 heterocycles. The van der Waals surface area contributed by atoms with Crippen molar-refractivity contribution in [3.8, 4) is 0 Å². The molecule has 17 heteroatoms. The van der Waals surface area contributed by atoms with Crippen molar-refractivity contribution in [2.24, 2.45) is 21.7 Å². The Labute approximate surface area is 307 Å². The molecular weight excluding hydrogens is 732 g/mol. The molecule has 0 spiro atoms. The van der Waals surface area contributed by atoms with Gasteiger partial charge in [0.05, 0.1) is 52.3 Å². The SMILES string of the molecule is CCC(CC)(C(=O)[O-])C(=O)OC.CCC(CC)(C(=O)[O-])C(=O)OC.CCC(CC)(C(=O)[O-])C(=O)OC.CCC(CC)(C(=O)[O-])C(=O)OC.[Zr+4]. The number of aliphatic carboxylic acids is 4. The molecule has 0 bridgehead atoms. The number of carboxylic acids is 4. The molecule has 0 aromatic heterocycles. The first-order valence-electron chi connectivity index (χ1n) is 15.4. The Hall–Kier alpha value is -3.36. The summed E-state index contributed by atoms with van der Waals surface area (Å²) in [5.41, 5.74) is -5.85. The average molecular weight is 784 g/mol. The summed E-state index contributed by atoms with van der Waals surface area (Å²) in [6, 6.07) is 0. The standard InChI is InChI=1S/4C8H14O4.Zr/c4*1-4-8(5-2,6(9)10)7(11)12-3;/h4*4-5H2,1-3H3,(H,9,10);/q;;;;+4/p-4. The van der Waals surface area contributed by atoms with Crippen LogP contribution in [0.3, 0.4) is 0 Å². The van der Waals surface area contributed by atoms with Gasteiger partial charge in [-0.3, -0.25) is 19.2 Å². The predicted molar refractivity (Wildman–Crippen MR) is 160 cm³/mol. The Bertz CT molecular complexity index is 901. The maximum Gasteiger partial charge on any atom is 4.00 e. The second-order valence-corrected chi connectivity index (χ2v) is 10.3. The second-order valence-electron chi connectivity index (χ2n) is 10.3. The van der Waals surface area contributed by atoms with Gasteiger partial charge in [-0.1, -0.05) is 55.4 Å². The van der Waals surface area contributed by atoms with Crippen LogP contribution in [0.15, 0.2) is 0 Å². The van der Waals surface area contributed by atoms with Gasteiger partial charge >= 0.3 is 50.1 Å². The predicted octanol–water partition coefficient (Wildman–Crippen LogP) is -1.14. The summed E-state index contributed by atoms with van der Waals surface area (Å²) in [5, 5.41) is 42.7. The van der Waals surface area contributed by atoms with Crippen LogP contribution in [-0.2, 0) is 83.5 Å². The molecule has 0 fully saturated rings. The van der Waals surface area contributed by atoms with E-state index in [-0.39, 0.29) is 77.6 Å². The molecule has 0 aromatic carbocycles. The fraction of sp³-hybridized carbons (Fsp3) is 0.750. The van der Waals surface area contributed by atoms with Crippen molar-refractivity contribution in [2.75, 3.05) is 28.4 Å². The monoisotopic (exact) mass is 782 g/mol. The fourth-order valence-electron chi connectivity index (χ4n) is 4.42. The zero-order valence-electron chi connectivity index (χ0n) is 30.7. The van der Waals surface area contributed by atoms with Crippen LogP contribution in [-0.4, -0.2) is 76.2 Å². The summed E-state index contributed by atoms with van der Waals surface area (Å²) in [6.45, 7) is 13.0. The largest absolute Gasteiger partial charge is 4.00 e. The molecule has 0 rings (SSSR count). The molecular formula is C32H52O16Zr. The number of carbonyl (C=O) groups excluding carboxylic acids is 8. The van der Waals surface area contributed by atoms with Crippen LogP contribution < -0.4 is 20.4 Å². The minimum absolute atomic E-state index is 0. The molecule has 280 valence electrons. The molecule has 0 aliphatic carbocycles. The van der Waals surface area contributed by atoms with Crippen LogP contribution >= 0.6 is 0 Å². The summed E-state index contributed by atoms with van der Waals surface area (Å²) in [5.74, 6) is -8.36. The Morgan fingerprint density at radius 1 is 0.347 bits per heavy atom. The van der Waals surface area contributed by atoms with E-state index in [0.29, 0.717) is 0 Å². The van der Waals surface area contributed by atoms with Gasteiger partial charge in [-0.25, -0.2) is 0 Å². The molecule has 0 radical (unpaired) electrons. The number of carboxylic acid groups (broad SMARTS) is 4. The van der Waals surface area contributed by atoms with Crippen molar-refractivity contribution in [2.45, 2.75) is 107 Å². The molecule has 0 aromatic rings. The number of hydrogen-bond acceptors (Lipinski definition) is 16. The number of esters is 4. The molecule has 0 aliphatic rings. The van der Waals surface area contributed by atoms with Gasteiger partial charge in [0.15, 0.2) is 0 Å². The molecule has 16 nitrogen and oxygen atoms in total. The summed E-state index contributed by atoms with van der Waals surface area (Å²) in [6.07, 6.45) is 1.54. The van der Waals surface area contributed by atoms with Gasteiger partial charge in [0.1, 0.15) is 21.7 Å². The molecule has 0 saturated heterocycles. The Morgan fingerprint density at radius 2 is 0.449 bits per heavy atom. The van der Waals surface area contributed by atoms with Gasteiger partial charge in [0.2, 0.25) is 0 Å². The zero-order valence-corrected chi connectivity index (χ0v) is 33.1. The Kier molecular flexibility index (Phi) is 29.8. The molecule has 0 unspecified atom stereocenters. The third kappa shape index (κ3) is 13.8. The van der Waals surface area contributed by atoms with Gasteiger partial charge in [0.25, 0.3) is 0 Å². The first-order chi connectivity index (χ1) is 22.2. The van der Waals surface area contributed by atoms with Crippen LogP contribution in [0, 0.1) is 21.7 Å². The molecule has 49 heavy (non-hydrogen) atoms. The van der Waals surface area contributed by atoms with Gasteiger partial charge in [0, 0.05) is 0 Å². The quantitative estimate of drug-likeness (QED) is 0.102. The first kappa shape index (κ1) is 55.1. The van der Waals surface area contributed by atoms with E-state index in [1.165, 1.54) is 28.4 Å². The molecule has 0 saturated carbocycles. The smallest absolute Gasteiger partial charge is 0.549 e. The summed E-state index contributed by atoms with van der Waals surface area (Å²) in [4.78, 5) is 87.1. The fourth-order valence-corrected chi connectivity index (χ4v) is 4.42. The van der Waals surface area contributed by atoms with Crippen molar-refractivity contribution in [3.63, 3.8) is 0 Å². The Morgan fingerprint density at radius 3 is 0.469 bits per heavy atom. The maximum atomic E-state index is 11.1. The van der Waals surface area contributed by atoms with Gasteiger partial charge in [-0.2, -0.15) is 0 Å². The third-order valence-corrected chi connectivity index (χ3v) is 8.70. The molecule has 0 amide bonds. The van der Waals surface area contributed by atoms with Crippen LogP contribution in [0.2, 0.25) is 0 Å². The second kappa shape index (κ2) is 26.5. The van der Waals surface area contributed by atoms with Gasteiger partial charge in [-0.05, 0) is 51.4 Å². The van der Waals surface area contributed by atoms with Crippen molar-refractivity contribution in [1.29, 1.82) is 0 Å². The van der Waals surface area contributed by atoms with E-state index in [4.69, 9.17) is 0 Å². The van der Waals surface area contributed by atoms with Crippen molar-refractivity contribution in [3.05, 3.63) is 0 Å². The summed E-state index contributed by atoms with van der Waals surface area (Å²) >= 11 is 0. The van der Waals surface area contributed by atoms with Crippen molar-refractivity contribution in [1.82, 2.24) is 0 Å². The maximum absolute atomic E-state index is 11.1. The van der Waals surface area contributed by atoms with E-state index in [1.54, 1.807) is 55.4 Å². The third-order valence-electron chi connectivity index (χ3n) is 8.70. The first-order valence-corrected chi connectivity index (χ1v) is 15.4. The van der Waals surface area contributed by atoms with E-state index >= 15 is 0 Å². The minimum atomic E-state index is -1.46. The molecule has 0 atom stereocenters. The number of hydrogen-bond donors (Lipinski definition) is 0. The van der Waals surface area contributed by atoms with Crippen LogP contribution in [0.5, 0.6) is 0 Å². The van der Waals surface area contributed by atoms with Crippen LogP contribution in [0.1, 0.15) is 107 Å². The van der Waals surface area contributed by atoms with Crippen LogP contribution in [0.25, 0.3) is 0 Å². The van der Waals surface area contributed by atoms with E-state index in [2.05, 4.69) is 18.9 Å².